The van der Waals surface area contributed by atoms with Gasteiger partial charge in [-0.1, -0.05) is 0 Å². The molecule has 1 aromatic heterocycles. The van der Waals surface area contributed by atoms with Crippen LogP contribution in [0.25, 0.3) is 0 Å². The Morgan fingerprint density at radius 2 is 1.88 bits per heavy atom. The number of rotatable bonds is 7. The lowest BCUT2D eigenvalue weighted by atomic mass is 10.3. The number of carbonyl (C=O) groups is 2. The lowest BCUT2D eigenvalue weighted by Crippen LogP contribution is -2.16. The first-order valence-electron chi connectivity index (χ1n) is 4.80. The van der Waals surface area contributed by atoms with E-state index in [0.29, 0.717) is 13.1 Å². The van der Waals surface area contributed by atoms with E-state index in [-0.39, 0.29) is 12.8 Å². The van der Waals surface area contributed by atoms with Crippen LogP contribution in [0.5, 0.6) is 0 Å². The Balaban J connectivity index is 2.29. The van der Waals surface area contributed by atoms with Gasteiger partial charge in [0.2, 0.25) is 0 Å². The smallest absolute Gasteiger partial charge is 0.308 e. The number of thiophene rings is 1. The maximum Gasteiger partial charge on any atom is 0.308 e. The zero-order valence-corrected chi connectivity index (χ0v) is 9.42. The second-order valence-electron chi connectivity index (χ2n) is 3.26. The molecule has 0 fully saturated rings. The summed E-state index contributed by atoms with van der Waals surface area (Å²) >= 11 is 1.43. The fourth-order valence-corrected chi connectivity index (χ4v) is 2.15. The Labute approximate surface area is 96.7 Å². The zero-order valence-electron chi connectivity index (χ0n) is 8.60. The average molecular weight is 243 g/mol. The third-order valence-corrected chi connectivity index (χ3v) is 2.94. The monoisotopic (exact) mass is 243 g/mol. The number of aliphatic carboxylic acids is 2. The summed E-state index contributed by atoms with van der Waals surface area (Å²) in [5.74, 6) is -1.67. The van der Waals surface area contributed by atoms with Gasteiger partial charge in [0, 0.05) is 22.8 Å². The Bertz CT molecular complexity index is 375. The van der Waals surface area contributed by atoms with Crippen molar-refractivity contribution in [1.82, 2.24) is 5.32 Å². The van der Waals surface area contributed by atoms with Crippen LogP contribution in [0.15, 0.2) is 12.1 Å². The Hall–Kier alpha value is -1.40. The minimum atomic E-state index is -0.841. The topological polar surface area (TPSA) is 86.6 Å². The molecule has 6 heteroatoms. The van der Waals surface area contributed by atoms with Gasteiger partial charge in [-0.3, -0.25) is 9.59 Å². The molecule has 0 unspecified atom stereocenters. The molecule has 0 saturated carbocycles. The van der Waals surface area contributed by atoms with Crippen LogP contribution in [-0.4, -0.2) is 28.7 Å². The van der Waals surface area contributed by atoms with Crippen LogP contribution in [-0.2, 0) is 22.6 Å². The van der Waals surface area contributed by atoms with E-state index in [1.54, 1.807) is 6.07 Å². The lowest BCUT2D eigenvalue weighted by Gasteiger charge is -1.99. The molecule has 0 aliphatic carbocycles. The van der Waals surface area contributed by atoms with Crippen molar-refractivity contribution in [1.29, 1.82) is 0 Å². The van der Waals surface area contributed by atoms with Crippen LogP contribution in [0.2, 0.25) is 0 Å². The molecule has 0 aromatic carbocycles. The summed E-state index contributed by atoms with van der Waals surface area (Å²) in [4.78, 5) is 22.5. The van der Waals surface area contributed by atoms with Crippen LogP contribution < -0.4 is 5.32 Å². The Morgan fingerprint density at radius 3 is 2.50 bits per heavy atom. The predicted octanol–water partition coefficient (Wildman–Crippen LogP) is 0.939. The van der Waals surface area contributed by atoms with Gasteiger partial charge in [-0.25, -0.2) is 0 Å². The summed E-state index contributed by atoms with van der Waals surface area (Å²) in [6, 6.07) is 3.64. The largest absolute Gasteiger partial charge is 0.481 e. The molecular weight excluding hydrogens is 230 g/mol. The van der Waals surface area contributed by atoms with Crippen LogP contribution in [0.1, 0.15) is 16.2 Å². The highest BCUT2D eigenvalue weighted by atomic mass is 32.1. The average Bonchev–Trinajstić information content (AvgIpc) is 2.59. The van der Waals surface area contributed by atoms with E-state index in [0.717, 1.165) is 9.75 Å². The first-order valence-corrected chi connectivity index (χ1v) is 5.61. The van der Waals surface area contributed by atoms with E-state index >= 15 is 0 Å². The number of carboxylic acids is 2. The standard InChI is InChI=1S/C10H13NO4S/c12-9(13)3-4-11-6-8-2-1-7(16-8)5-10(14)15/h1-2,11H,3-6H2,(H,12,13)(H,14,15). The molecule has 0 atom stereocenters. The van der Waals surface area contributed by atoms with Gasteiger partial charge < -0.3 is 15.5 Å². The molecule has 0 aliphatic heterocycles. The molecule has 0 saturated heterocycles. The van der Waals surface area contributed by atoms with Crippen molar-refractivity contribution in [3.63, 3.8) is 0 Å². The molecule has 1 heterocycles. The quantitative estimate of drug-likeness (QED) is 0.620. The molecular formula is C10H13NO4S. The van der Waals surface area contributed by atoms with Gasteiger partial charge in [0.25, 0.3) is 0 Å². The van der Waals surface area contributed by atoms with Crippen molar-refractivity contribution in [3.8, 4) is 0 Å². The SMILES string of the molecule is O=C(O)CCNCc1ccc(CC(=O)O)s1. The van der Waals surface area contributed by atoms with Gasteiger partial charge in [-0.15, -0.1) is 11.3 Å². The van der Waals surface area contributed by atoms with Gasteiger partial charge in [0.15, 0.2) is 0 Å². The highest BCUT2D eigenvalue weighted by Gasteiger charge is 2.04. The summed E-state index contributed by atoms with van der Waals surface area (Å²) in [6.45, 7) is 0.999. The summed E-state index contributed by atoms with van der Waals surface area (Å²) < 4.78 is 0. The van der Waals surface area contributed by atoms with Crippen LogP contribution >= 0.6 is 11.3 Å². The molecule has 0 aliphatic rings. The molecule has 0 spiro atoms. The van der Waals surface area contributed by atoms with Crippen molar-refractivity contribution >= 4 is 23.3 Å². The third-order valence-electron chi connectivity index (χ3n) is 1.86. The molecule has 1 aromatic rings. The summed E-state index contributed by atoms with van der Waals surface area (Å²) in [5, 5.41) is 20.0. The minimum absolute atomic E-state index is 0.0415. The van der Waals surface area contributed by atoms with Crippen molar-refractivity contribution in [2.24, 2.45) is 0 Å². The molecule has 1 rings (SSSR count). The highest BCUT2D eigenvalue weighted by Crippen LogP contribution is 2.16. The van der Waals surface area contributed by atoms with E-state index in [9.17, 15) is 9.59 Å². The van der Waals surface area contributed by atoms with Crippen LogP contribution in [0, 0.1) is 0 Å². The molecule has 0 amide bonds. The highest BCUT2D eigenvalue weighted by molar-refractivity contribution is 7.12. The first kappa shape index (κ1) is 12.7. The van der Waals surface area contributed by atoms with Crippen molar-refractivity contribution < 1.29 is 19.8 Å². The summed E-state index contributed by atoms with van der Waals surface area (Å²) in [5.41, 5.74) is 0. The summed E-state index contributed by atoms with van der Waals surface area (Å²) in [6.07, 6.45) is 0.132. The molecule has 0 bridgehead atoms. The van der Waals surface area contributed by atoms with E-state index in [4.69, 9.17) is 10.2 Å². The molecule has 16 heavy (non-hydrogen) atoms. The van der Waals surface area contributed by atoms with E-state index < -0.39 is 11.9 Å². The molecule has 3 N–H and O–H groups in total. The normalized spacial score (nSPS) is 10.2. The van der Waals surface area contributed by atoms with Crippen molar-refractivity contribution in [2.45, 2.75) is 19.4 Å². The van der Waals surface area contributed by atoms with Crippen LogP contribution in [0.3, 0.4) is 0 Å². The number of hydrogen-bond acceptors (Lipinski definition) is 4. The zero-order chi connectivity index (χ0) is 12.0. The Kier molecular flexibility index (Phi) is 4.94. The fourth-order valence-electron chi connectivity index (χ4n) is 1.17. The third kappa shape index (κ3) is 4.90. The summed E-state index contributed by atoms with van der Waals surface area (Å²) in [7, 11) is 0. The lowest BCUT2D eigenvalue weighted by molar-refractivity contribution is -0.137. The van der Waals surface area contributed by atoms with Crippen molar-refractivity contribution in [3.05, 3.63) is 21.9 Å². The number of hydrogen-bond donors (Lipinski definition) is 3. The second-order valence-corrected chi connectivity index (χ2v) is 4.51. The second kappa shape index (κ2) is 6.24. The van der Waals surface area contributed by atoms with Crippen LogP contribution in [0.4, 0.5) is 0 Å². The van der Waals surface area contributed by atoms with Crippen molar-refractivity contribution in [2.75, 3.05) is 6.54 Å². The van der Waals surface area contributed by atoms with E-state index in [2.05, 4.69) is 5.32 Å². The molecule has 0 radical (unpaired) electrons. The molecule has 5 nitrogen and oxygen atoms in total. The van der Waals surface area contributed by atoms with E-state index in [1.807, 2.05) is 6.07 Å². The van der Waals surface area contributed by atoms with Gasteiger partial charge in [0.1, 0.15) is 0 Å². The maximum atomic E-state index is 10.4. The fraction of sp³-hybridized carbons (Fsp3) is 0.400. The van der Waals surface area contributed by atoms with Gasteiger partial charge in [-0.2, -0.15) is 0 Å². The van der Waals surface area contributed by atoms with Gasteiger partial charge in [0.05, 0.1) is 12.8 Å². The Morgan fingerprint density at radius 1 is 1.19 bits per heavy atom. The van der Waals surface area contributed by atoms with Gasteiger partial charge in [-0.05, 0) is 12.1 Å². The predicted molar refractivity (Wildman–Crippen MR) is 59.6 cm³/mol. The number of carboxylic acid groups (broad SMARTS) is 2. The minimum Gasteiger partial charge on any atom is -0.481 e. The van der Waals surface area contributed by atoms with Gasteiger partial charge >= 0.3 is 11.9 Å². The maximum absolute atomic E-state index is 10.4. The molecule has 88 valence electrons. The van der Waals surface area contributed by atoms with E-state index in [1.165, 1.54) is 11.3 Å². The number of nitrogens with one attached hydrogen (secondary N) is 1. The first-order chi connectivity index (χ1) is 7.58.